The monoisotopic (exact) mass is 253 g/mol. The van der Waals surface area contributed by atoms with Crippen LogP contribution in [0.4, 0.5) is 0 Å². The van der Waals surface area contributed by atoms with Crippen LogP contribution in [0.15, 0.2) is 24.3 Å². The van der Waals surface area contributed by atoms with Crippen molar-refractivity contribution in [1.29, 1.82) is 0 Å². The summed E-state index contributed by atoms with van der Waals surface area (Å²) in [5.41, 5.74) is 1.35. The van der Waals surface area contributed by atoms with E-state index in [2.05, 4.69) is 17.0 Å². The lowest BCUT2D eigenvalue weighted by Crippen LogP contribution is -2.23. The standard InChI is InChI=1S/C14H20ClNO/c15-14-5-3-12(4-6-14)2-1-8-16-9-7-13(10-16)11-17/h3-6,13,17H,1-2,7-11H2. The van der Waals surface area contributed by atoms with Crippen LogP contribution in [0.3, 0.4) is 0 Å². The van der Waals surface area contributed by atoms with Crippen molar-refractivity contribution >= 4 is 11.6 Å². The highest BCUT2D eigenvalue weighted by molar-refractivity contribution is 6.30. The Hall–Kier alpha value is -0.570. The minimum Gasteiger partial charge on any atom is -0.396 e. The molecule has 17 heavy (non-hydrogen) atoms. The molecule has 0 saturated carbocycles. The Labute approximate surface area is 108 Å². The fourth-order valence-electron chi connectivity index (χ4n) is 2.42. The van der Waals surface area contributed by atoms with Crippen LogP contribution in [0.25, 0.3) is 0 Å². The van der Waals surface area contributed by atoms with Crippen molar-refractivity contribution in [1.82, 2.24) is 4.90 Å². The summed E-state index contributed by atoms with van der Waals surface area (Å²) >= 11 is 5.85. The minimum atomic E-state index is 0.341. The maximum Gasteiger partial charge on any atom is 0.0471 e. The highest BCUT2D eigenvalue weighted by atomic mass is 35.5. The lowest BCUT2D eigenvalue weighted by atomic mass is 10.1. The largest absolute Gasteiger partial charge is 0.396 e. The number of likely N-dealkylation sites (tertiary alicyclic amines) is 1. The van der Waals surface area contributed by atoms with Gasteiger partial charge >= 0.3 is 0 Å². The molecule has 2 rings (SSSR count). The molecule has 1 atom stereocenters. The van der Waals surface area contributed by atoms with E-state index in [1.165, 1.54) is 12.0 Å². The Morgan fingerprint density at radius 1 is 1.29 bits per heavy atom. The lowest BCUT2D eigenvalue weighted by molar-refractivity contribution is 0.221. The molecule has 0 aromatic heterocycles. The summed E-state index contributed by atoms with van der Waals surface area (Å²) in [5.74, 6) is 0.505. The van der Waals surface area contributed by atoms with Crippen LogP contribution in [-0.2, 0) is 6.42 Å². The van der Waals surface area contributed by atoms with E-state index in [9.17, 15) is 0 Å². The molecule has 1 saturated heterocycles. The van der Waals surface area contributed by atoms with Crippen LogP contribution < -0.4 is 0 Å². The number of hydrogen-bond donors (Lipinski definition) is 1. The molecule has 1 aromatic rings. The number of aliphatic hydroxyl groups excluding tert-OH is 1. The van der Waals surface area contributed by atoms with Crippen LogP contribution >= 0.6 is 11.6 Å². The summed E-state index contributed by atoms with van der Waals surface area (Å²) in [4.78, 5) is 2.46. The fraction of sp³-hybridized carbons (Fsp3) is 0.571. The molecule has 1 N–H and O–H groups in total. The Morgan fingerprint density at radius 3 is 2.71 bits per heavy atom. The first-order valence-corrected chi connectivity index (χ1v) is 6.73. The van der Waals surface area contributed by atoms with E-state index >= 15 is 0 Å². The molecule has 0 bridgehead atoms. The molecule has 1 aliphatic heterocycles. The van der Waals surface area contributed by atoms with Crippen LogP contribution in [0.5, 0.6) is 0 Å². The number of nitrogens with zero attached hydrogens (tertiary/aromatic N) is 1. The van der Waals surface area contributed by atoms with Gasteiger partial charge in [0.05, 0.1) is 0 Å². The molecule has 0 amide bonds. The zero-order valence-electron chi connectivity index (χ0n) is 10.1. The van der Waals surface area contributed by atoms with Crippen LogP contribution in [0.2, 0.25) is 5.02 Å². The number of aliphatic hydroxyl groups is 1. The summed E-state index contributed by atoms with van der Waals surface area (Å²) in [6, 6.07) is 8.11. The van der Waals surface area contributed by atoms with Gasteiger partial charge in [-0.3, -0.25) is 0 Å². The minimum absolute atomic E-state index is 0.341. The van der Waals surface area contributed by atoms with Crippen LogP contribution in [0.1, 0.15) is 18.4 Å². The molecule has 0 radical (unpaired) electrons. The third-order valence-corrected chi connectivity index (χ3v) is 3.73. The molecule has 2 nitrogen and oxygen atoms in total. The maximum absolute atomic E-state index is 9.07. The van der Waals surface area contributed by atoms with E-state index in [-0.39, 0.29) is 0 Å². The molecule has 1 heterocycles. The van der Waals surface area contributed by atoms with E-state index in [1.807, 2.05) is 12.1 Å². The lowest BCUT2D eigenvalue weighted by Gasteiger charge is -2.15. The average Bonchev–Trinajstić information content (AvgIpc) is 2.80. The van der Waals surface area contributed by atoms with E-state index in [4.69, 9.17) is 16.7 Å². The summed E-state index contributed by atoms with van der Waals surface area (Å²) in [6.45, 7) is 3.69. The first-order chi connectivity index (χ1) is 8.28. The second-order valence-corrected chi connectivity index (χ2v) is 5.30. The van der Waals surface area contributed by atoms with Gasteiger partial charge in [-0.05, 0) is 56.0 Å². The smallest absolute Gasteiger partial charge is 0.0471 e. The first-order valence-electron chi connectivity index (χ1n) is 6.35. The average molecular weight is 254 g/mol. The molecule has 3 heteroatoms. The molecule has 1 aliphatic rings. The zero-order chi connectivity index (χ0) is 12.1. The van der Waals surface area contributed by atoms with Gasteiger partial charge in [0.15, 0.2) is 0 Å². The highest BCUT2D eigenvalue weighted by Gasteiger charge is 2.20. The fourth-order valence-corrected chi connectivity index (χ4v) is 2.55. The first kappa shape index (κ1) is 12.9. The number of rotatable bonds is 5. The van der Waals surface area contributed by atoms with E-state index in [0.29, 0.717) is 12.5 Å². The van der Waals surface area contributed by atoms with Crippen molar-refractivity contribution in [2.45, 2.75) is 19.3 Å². The van der Waals surface area contributed by atoms with Gasteiger partial charge in [0, 0.05) is 18.2 Å². The Bertz CT molecular complexity index is 339. The van der Waals surface area contributed by atoms with Gasteiger partial charge in [-0.2, -0.15) is 0 Å². The van der Waals surface area contributed by atoms with Gasteiger partial charge in [-0.1, -0.05) is 23.7 Å². The van der Waals surface area contributed by atoms with Gasteiger partial charge in [0.2, 0.25) is 0 Å². The zero-order valence-corrected chi connectivity index (χ0v) is 10.9. The summed E-state index contributed by atoms with van der Waals surface area (Å²) < 4.78 is 0. The van der Waals surface area contributed by atoms with Gasteiger partial charge in [-0.15, -0.1) is 0 Å². The van der Waals surface area contributed by atoms with Crippen LogP contribution in [-0.4, -0.2) is 36.2 Å². The third kappa shape index (κ3) is 3.98. The Balaban J connectivity index is 1.68. The van der Waals surface area contributed by atoms with Crippen molar-refractivity contribution < 1.29 is 5.11 Å². The van der Waals surface area contributed by atoms with Crippen molar-refractivity contribution in [3.05, 3.63) is 34.9 Å². The SMILES string of the molecule is OCC1CCN(CCCc2ccc(Cl)cc2)C1. The topological polar surface area (TPSA) is 23.5 Å². The second kappa shape index (κ2) is 6.39. The normalized spacial score (nSPS) is 20.9. The van der Waals surface area contributed by atoms with E-state index in [1.54, 1.807) is 0 Å². The van der Waals surface area contributed by atoms with Crippen molar-refractivity contribution in [3.8, 4) is 0 Å². The van der Waals surface area contributed by atoms with Gasteiger partial charge < -0.3 is 10.0 Å². The number of benzene rings is 1. The number of halogens is 1. The number of aryl methyl sites for hydroxylation is 1. The quantitative estimate of drug-likeness (QED) is 0.872. The molecule has 0 aliphatic carbocycles. The molecule has 1 aromatic carbocycles. The van der Waals surface area contributed by atoms with E-state index < -0.39 is 0 Å². The van der Waals surface area contributed by atoms with Gasteiger partial charge in [0.25, 0.3) is 0 Å². The van der Waals surface area contributed by atoms with Crippen molar-refractivity contribution in [2.24, 2.45) is 5.92 Å². The van der Waals surface area contributed by atoms with Crippen LogP contribution in [0, 0.1) is 5.92 Å². The molecule has 1 unspecified atom stereocenters. The maximum atomic E-state index is 9.07. The van der Waals surface area contributed by atoms with Gasteiger partial charge in [0.1, 0.15) is 0 Å². The molecule has 1 fully saturated rings. The molecule has 0 spiro atoms. The van der Waals surface area contributed by atoms with Gasteiger partial charge in [-0.25, -0.2) is 0 Å². The van der Waals surface area contributed by atoms with Crippen molar-refractivity contribution in [3.63, 3.8) is 0 Å². The molecular formula is C14H20ClNO. The molecule has 94 valence electrons. The summed E-state index contributed by atoms with van der Waals surface area (Å²) in [5, 5.41) is 9.88. The summed E-state index contributed by atoms with van der Waals surface area (Å²) in [6.07, 6.45) is 3.44. The summed E-state index contributed by atoms with van der Waals surface area (Å²) in [7, 11) is 0. The Kier molecular flexibility index (Phi) is 4.84. The Morgan fingerprint density at radius 2 is 2.06 bits per heavy atom. The number of hydrogen-bond acceptors (Lipinski definition) is 2. The second-order valence-electron chi connectivity index (χ2n) is 4.87. The predicted octanol–water partition coefficient (Wildman–Crippen LogP) is 2.59. The third-order valence-electron chi connectivity index (χ3n) is 3.48. The predicted molar refractivity (Wildman–Crippen MR) is 71.4 cm³/mol. The molecular weight excluding hydrogens is 234 g/mol. The highest BCUT2D eigenvalue weighted by Crippen LogP contribution is 2.16. The van der Waals surface area contributed by atoms with Crippen molar-refractivity contribution in [2.75, 3.05) is 26.2 Å². The van der Waals surface area contributed by atoms with E-state index in [0.717, 1.165) is 37.5 Å².